The number of carbonyl (C=O) groups is 1. The van der Waals surface area contributed by atoms with Crippen LogP contribution in [-0.4, -0.2) is 37.4 Å². The fourth-order valence-corrected chi connectivity index (χ4v) is 3.30. The smallest absolute Gasteiger partial charge is 0.335 e. The number of carboxylic acids is 1. The molecule has 0 radical (unpaired) electrons. The van der Waals surface area contributed by atoms with Crippen LogP contribution in [0.5, 0.6) is 0 Å². The number of sulfonamides is 1. The molecule has 0 saturated carbocycles. The third-order valence-electron chi connectivity index (χ3n) is 2.31. The third-order valence-corrected chi connectivity index (χ3v) is 5.24. The number of rotatable bonds is 4. The van der Waals surface area contributed by atoms with E-state index >= 15 is 0 Å². The maximum Gasteiger partial charge on any atom is 0.335 e. The van der Waals surface area contributed by atoms with Crippen LogP contribution in [0.25, 0.3) is 0 Å². The Hall–Kier alpha value is -0.920. The molecular weight excluding hydrogens is 310 g/mol. The average molecular weight is 322 g/mol. The number of aromatic carboxylic acids is 1. The molecule has 0 aromatic heterocycles. The Kier molecular flexibility index (Phi) is 4.29. The number of halogens is 1. The number of benzene rings is 1. The summed E-state index contributed by atoms with van der Waals surface area (Å²) in [5, 5.41) is 8.84. The predicted molar refractivity (Wildman–Crippen MR) is 66.6 cm³/mol. The molecule has 1 aromatic carbocycles. The summed E-state index contributed by atoms with van der Waals surface area (Å²) >= 11 is 3.11. The van der Waals surface area contributed by atoms with Gasteiger partial charge in [0.25, 0.3) is 0 Å². The van der Waals surface area contributed by atoms with Crippen LogP contribution in [0.15, 0.2) is 27.6 Å². The van der Waals surface area contributed by atoms with Crippen LogP contribution in [0.3, 0.4) is 0 Å². The van der Waals surface area contributed by atoms with Crippen molar-refractivity contribution in [3.63, 3.8) is 0 Å². The van der Waals surface area contributed by atoms with E-state index in [0.29, 0.717) is 11.0 Å². The van der Waals surface area contributed by atoms with E-state index in [1.54, 1.807) is 6.92 Å². The van der Waals surface area contributed by atoms with Gasteiger partial charge in [0.15, 0.2) is 0 Å². The lowest BCUT2D eigenvalue weighted by Gasteiger charge is -2.16. The fourth-order valence-electron chi connectivity index (χ4n) is 1.17. The van der Waals surface area contributed by atoms with Gasteiger partial charge in [0.1, 0.15) is 0 Å². The highest BCUT2D eigenvalue weighted by Gasteiger charge is 2.23. The first-order valence-corrected chi connectivity index (χ1v) is 7.03. The number of carboxylic acid groups (broad SMARTS) is 1. The molecule has 1 N–H and O–H groups in total. The van der Waals surface area contributed by atoms with Crippen molar-refractivity contribution in [2.24, 2.45) is 0 Å². The van der Waals surface area contributed by atoms with Gasteiger partial charge in [-0.1, -0.05) is 6.92 Å². The van der Waals surface area contributed by atoms with E-state index in [1.807, 2.05) is 0 Å². The van der Waals surface area contributed by atoms with E-state index in [1.165, 1.54) is 19.2 Å². The van der Waals surface area contributed by atoms with Crippen LogP contribution in [0, 0.1) is 0 Å². The molecule has 17 heavy (non-hydrogen) atoms. The molecule has 0 aliphatic carbocycles. The van der Waals surface area contributed by atoms with E-state index in [9.17, 15) is 13.2 Å². The van der Waals surface area contributed by atoms with Crippen LogP contribution in [0.4, 0.5) is 0 Å². The van der Waals surface area contributed by atoms with Gasteiger partial charge in [-0.2, -0.15) is 0 Å². The summed E-state index contributed by atoms with van der Waals surface area (Å²) < 4.78 is 25.6. The van der Waals surface area contributed by atoms with Gasteiger partial charge in [-0.3, -0.25) is 0 Å². The zero-order chi connectivity index (χ0) is 13.2. The van der Waals surface area contributed by atoms with Gasteiger partial charge in [0, 0.05) is 18.1 Å². The minimum absolute atomic E-state index is 0.0400. The van der Waals surface area contributed by atoms with Gasteiger partial charge in [0.05, 0.1) is 10.5 Å². The maximum absolute atomic E-state index is 12.1. The minimum atomic E-state index is -3.65. The largest absolute Gasteiger partial charge is 0.478 e. The van der Waals surface area contributed by atoms with Crippen molar-refractivity contribution >= 4 is 31.9 Å². The highest BCUT2D eigenvalue weighted by molar-refractivity contribution is 9.10. The van der Waals surface area contributed by atoms with Crippen LogP contribution in [0.2, 0.25) is 0 Å². The molecule has 0 saturated heterocycles. The average Bonchev–Trinajstić information content (AvgIpc) is 2.27. The van der Waals surface area contributed by atoms with Gasteiger partial charge < -0.3 is 5.11 Å². The molecule has 0 bridgehead atoms. The Bertz CT molecular complexity index is 541. The van der Waals surface area contributed by atoms with Gasteiger partial charge >= 0.3 is 5.97 Å². The molecule has 0 aliphatic rings. The topological polar surface area (TPSA) is 74.7 Å². The molecular formula is C10H12BrNO4S. The van der Waals surface area contributed by atoms with Crippen LogP contribution < -0.4 is 0 Å². The molecule has 0 spiro atoms. The summed E-state index contributed by atoms with van der Waals surface area (Å²) in [6.07, 6.45) is 0. The monoisotopic (exact) mass is 321 g/mol. The quantitative estimate of drug-likeness (QED) is 0.917. The first-order valence-electron chi connectivity index (χ1n) is 4.80. The van der Waals surface area contributed by atoms with Crippen molar-refractivity contribution in [2.75, 3.05) is 13.6 Å². The normalized spacial score (nSPS) is 11.8. The summed E-state index contributed by atoms with van der Waals surface area (Å²) in [5.41, 5.74) is -0.0590. The van der Waals surface area contributed by atoms with Gasteiger partial charge in [-0.15, -0.1) is 0 Å². The highest BCUT2D eigenvalue weighted by atomic mass is 79.9. The van der Waals surface area contributed by atoms with Crippen molar-refractivity contribution in [3.05, 3.63) is 28.2 Å². The zero-order valence-corrected chi connectivity index (χ0v) is 11.7. The summed E-state index contributed by atoms with van der Waals surface area (Å²) in [5.74, 6) is -1.16. The Morgan fingerprint density at radius 1 is 1.47 bits per heavy atom. The van der Waals surface area contributed by atoms with E-state index in [0.717, 1.165) is 10.4 Å². The number of hydrogen-bond acceptors (Lipinski definition) is 3. The van der Waals surface area contributed by atoms with Gasteiger partial charge in [0.2, 0.25) is 10.0 Å². The molecule has 0 unspecified atom stereocenters. The zero-order valence-electron chi connectivity index (χ0n) is 9.34. The lowest BCUT2D eigenvalue weighted by Crippen LogP contribution is -2.27. The summed E-state index contributed by atoms with van der Waals surface area (Å²) in [7, 11) is -2.21. The van der Waals surface area contributed by atoms with Gasteiger partial charge in [-0.05, 0) is 34.1 Å². The molecule has 0 fully saturated rings. The van der Waals surface area contributed by atoms with Crippen molar-refractivity contribution in [2.45, 2.75) is 11.8 Å². The Morgan fingerprint density at radius 2 is 2.06 bits per heavy atom. The molecule has 0 atom stereocenters. The molecule has 1 aromatic rings. The number of nitrogens with zero attached hydrogens (tertiary/aromatic N) is 1. The summed E-state index contributed by atoms with van der Waals surface area (Å²) in [6, 6.07) is 3.91. The maximum atomic E-state index is 12.1. The van der Waals surface area contributed by atoms with E-state index < -0.39 is 16.0 Å². The highest BCUT2D eigenvalue weighted by Crippen LogP contribution is 2.25. The SMILES string of the molecule is CCN(C)S(=O)(=O)c1cc(C(=O)O)ccc1Br. The van der Waals surface area contributed by atoms with E-state index in [2.05, 4.69) is 15.9 Å². The Labute approximate surface area is 108 Å². The molecule has 7 heteroatoms. The second kappa shape index (κ2) is 5.16. The second-order valence-electron chi connectivity index (χ2n) is 3.37. The summed E-state index contributed by atoms with van der Waals surface area (Å²) in [6.45, 7) is 2.01. The van der Waals surface area contributed by atoms with Crippen molar-refractivity contribution in [1.82, 2.24) is 4.31 Å². The van der Waals surface area contributed by atoms with Crippen LogP contribution in [0.1, 0.15) is 17.3 Å². The van der Waals surface area contributed by atoms with Crippen molar-refractivity contribution < 1.29 is 18.3 Å². The van der Waals surface area contributed by atoms with E-state index in [4.69, 9.17) is 5.11 Å². The molecule has 1 rings (SSSR count). The first-order chi connectivity index (χ1) is 7.80. The standard InChI is InChI=1S/C10H12BrNO4S/c1-3-12(2)17(15,16)9-6-7(10(13)14)4-5-8(9)11/h4-6H,3H2,1-2H3,(H,13,14). The molecule has 0 heterocycles. The Balaban J connectivity index is 3.40. The Morgan fingerprint density at radius 3 is 2.53 bits per heavy atom. The lowest BCUT2D eigenvalue weighted by molar-refractivity contribution is 0.0696. The van der Waals surface area contributed by atoms with Crippen LogP contribution >= 0.6 is 15.9 Å². The predicted octanol–water partition coefficient (Wildman–Crippen LogP) is 1.79. The van der Waals surface area contributed by atoms with Crippen molar-refractivity contribution in [1.29, 1.82) is 0 Å². The molecule has 0 aliphatic heterocycles. The molecule has 5 nitrogen and oxygen atoms in total. The fraction of sp³-hybridized carbons (Fsp3) is 0.300. The van der Waals surface area contributed by atoms with Gasteiger partial charge in [-0.25, -0.2) is 17.5 Å². The van der Waals surface area contributed by atoms with Crippen LogP contribution in [-0.2, 0) is 10.0 Å². The lowest BCUT2D eigenvalue weighted by atomic mass is 10.2. The third kappa shape index (κ3) is 2.85. The molecule has 0 amide bonds. The minimum Gasteiger partial charge on any atom is -0.478 e. The first kappa shape index (κ1) is 14.1. The summed E-state index contributed by atoms with van der Waals surface area (Å²) in [4.78, 5) is 10.8. The van der Waals surface area contributed by atoms with E-state index in [-0.39, 0.29) is 10.5 Å². The second-order valence-corrected chi connectivity index (χ2v) is 6.24. The van der Waals surface area contributed by atoms with Crippen molar-refractivity contribution in [3.8, 4) is 0 Å². The molecule has 94 valence electrons. The number of hydrogen-bond donors (Lipinski definition) is 1.